The van der Waals surface area contributed by atoms with Crippen molar-refractivity contribution < 1.29 is 9.59 Å². The molecule has 0 saturated carbocycles. The van der Waals surface area contributed by atoms with Gasteiger partial charge in [0.2, 0.25) is 5.91 Å². The maximum Gasteiger partial charge on any atom is 0.257 e. The fraction of sp³-hybridized carbons (Fsp3) is 0.211. The molecular weight excluding hydrogens is 461 g/mol. The molecule has 0 unspecified atom stereocenters. The number of anilines is 2. The van der Waals surface area contributed by atoms with Crippen LogP contribution in [0.5, 0.6) is 0 Å². The molecule has 3 N–H and O–H groups in total. The molecule has 0 atom stereocenters. The van der Waals surface area contributed by atoms with Crippen molar-refractivity contribution in [2.75, 3.05) is 10.6 Å². The van der Waals surface area contributed by atoms with Gasteiger partial charge in [0.25, 0.3) is 5.91 Å². The molecule has 2 amide bonds. The minimum atomic E-state index is -0.275. The van der Waals surface area contributed by atoms with Crippen LogP contribution in [-0.4, -0.2) is 16.9 Å². The van der Waals surface area contributed by atoms with Gasteiger partial charge in [-0.25, -0.2) is 0 Å². The Hall–Kier alpha value is -2.00. The highest BCUT2D eigenvalue weighted by Crippen LogP contribution is 2.16. The van der Waals surface area contributed by atoms with Crippen molar-refractivity contribution in [3.63, 3.8) is 0 Å². The molecule has 136 valence electrons. The van der Waals surface area contributed by atoms with Gasteiger partial charge in [0.05, 0.1) is 0 Å². The lowest BCUT2D eigenvalue weighted by molar-refractivity contribution is -0.116. The Morgan fingerprint density at radius 2 is 1.69 bits per heavy atom. The second-order valence-corrected chi connectivity index (χ2v) is 7.30. The minimum Gasteiger partial charge on any atom is -0.332 e. The summed E-state index contributed by atoms with van der Waals surface area (Å²) in [5.74, 6) is -0.290. The average molecular weight is 481 g/mol. The molecule has 0 aliphatic carbocycles. The van der Waals surface area contributed by atoms with Gasteiger partial charge in [-0.1, -0.05) is 19.4 Å². The van der Waals surface area contributed by atoms with Crippen LogP contribution in [0.4, 0.5) is 11.4 Å². The average Bonchev–Trinajstić information content (AvgIpc) is 2.60. The number of halogens is 1. The molecule has 0 fully saturated rings. The number of benzene rings is 2. The zero-order valence-corrected chi connectivity index (χ0v) is 17.3. The lowest BCUT2D eigenvalue weighted by atomic mass is 10.2. The van der Waals surface area contributed by atoms with Gasteiger partial charge >= 0.3 is 0 Å². The number of amides is 2. The molecule has 0 aliphatic rings. The van der Waals surface area contributed by atoms with E-state index in [2.05, 4.69) is 38.5 Å². The quantitative estimate of drug-likeness (QED) is 0.419. The predicted molar refractivity (Wildman–Crippen MR) is 117 cm³/mol. The summed E-state index contributed by atoms with van der Waals surface area (Å²) in [6.45, 7) is 2.04. The van der Waals surface area contributed by atoms with E-state index in [1.807, 2.05) is 31.2 Å². The Balaban J connectivity index is 1.92. The van der Waals surface area contributed by atoms with Crippen LogP contribution in [0.1, 0.15) is 36.5 Å². The van der Waals surface area contributed by atoms with Crippen LogP contribution in [0.2, 0.25) is 0 Å². The normalized spacial score (nSPS) is 10.1. The molecule has 0 aromatic heterocycles. The second kappa shape index (κ2) is 10.2. The third-order valence-corrected chi connectivity index (χ3v) is 4.42. The van der Waals surface area contributed by atoms with E-state index in [1.165, 1.54) is 0 Å². The van der Waals surface area contributed by atoms with Crippen LogP contribution in [-0.2, 0) is 4.79 Å². The fourth-order valence-electron chi connectivity index (χ4n) is 2.17. The van der Waals surface area contributed by atoms with Gasteiger partial charge in [-0.15, -0.1) is 0 Å². The van der Waals surface area contributed by atoms with E-state index in [1.54, 1.807) is 24.3 Å². The zero-order chi connectivity index (χ0) is 18.9. The standard InChI is InChI=1S/C19H20IN3O2S/c1-2-3-7-17(24)21-15-5-4-6-16(12-15)22-19(26)23-18(25)13-8-10-14(20)11-9-13/h4-6,8-12H,2-3,7H2,1H3,(H,21,24)(H2,22,23,25,26). The largest absolute Gasteiger partial charge is 0.332 e. The maximum atomic E-state index is 12.2. The van der Waals surface area contributed by atoms with Crippen molar-refractivity contribution in [1.82, 2.24) is 5.32 Å². The SMILES string of the molecule is CCCCC(=O)Nc1cccc(NC(=S)NC(=O)c2ccc(I)cc2)c1. The molecule has 2 rings (SSSR count). The number of carbonyl (C=O) groups is 2. The van der Waals surface area contributed by atoms with Gasteiger partial charge in [-0.3, -0.25) is 14.9 Å². The van der Waals surface area contributed by atoms with Gasteiger partial charge in [-0.05, 0) is 83.7 Å². The molecule has 0 radical (unpaired) electrons. The number of nitrogens with one attached hydrogen (secondary N) is 3. The summed E-state index contributed by atoms with van der Waals surface area (Å²) in [5, 5.41) is 8.65. The summed E-state index contributed by atoms with van der Waals surface area (Å²) in [5.41, 5.74) is 1.90. The van der Waals surface area contributed by atoms with Crippen molar-refractivity contribution in [1.29, 1.82) is 0 Å². The molecule has 0 spiro atoms. The first-order valence-corrected chi connectivity index (χ1v) is 9.74. The van der Waals surface area contributed by atoms with Crippen molar-refractivity contribution in [2.45, 2.75) is 26.2 Å². The molecule has 7 heteroatoms. The summed E-state index contributed by atoms with van der Waals surface area (Å²) in [6, 6.07) is 14.4. The van der Waals surface area contributed by atoms with E-state index in [0.717, 1.165) is 16.4 Å². The number of unbranched alkanes of at least 4 members (excludes halogenated alkanes) is 1. The van der Waals surface area contributed by atoms with E-state index >= 15 is 0 Å². The van der Waals surface area contributed by atoms with E-state index in [4.69, 9.17) is 12.2 Å². The summed E-state index contributed by atoms with van der Waals surface area (Å²) in [6.07, 6.45) is 2.33. The third kappa shape index (κ3) is 6.72. The highest BCUT2D eigenvalue weighted by Gasteiger charge is 2.08. The van der Waals surface area contributed by atoms with Crippen molar-refractivity contribution in [3.05, 3.63) is 57.7 Å². The van der Waals surface area contributed by atoms with Gasteiger partial charge in [0.1, 0.15) is 0 Å². The number of rotatable bonds is 6. The second-order valence-electron chi connectivity index (χ2n) is 5.65. The smallest absolute Gasteiger partial charge is 0.257 e. The number of hydrogen-bond acceptors (Lipinski definition) is 3. The maximum absolute atomic E-state index is 12.2. The molecule has 2 aromatic rings. The zero-order valence-electron chi connectivity index (χ0n) is 14.3. The van der Waals surface area contributed by atoms with Gasteiger partial charge in [0, 0.05) is 26.9 Å². The van der Waals surface area contributed by atoms with E-state index in [-0.39, 0.29) is 16.9 Å². The highest BCUT2D eigenvalue weighted by atomic mass is 127. The van der Waals surface area contributed by atoms with E-state index in [9.17, 15) is 9.59 Å². The Labute approximate surface area is 172 Å². The highest BCUT2D eigenvalue weighted by molar-refractivity contribution is 14.1. The van der Waals surface area contributed by atoms with E-state index < -0.39 is 0 Å². The van der Waals surface area contributed by atoms with Crippen LogP contribution in [0.15, 0.2) is 48.5 Å². The Morgan fingerprint density at radius 1 is 1.04 bits per heavy atom. The molecule has 0 heterocycles. The van der Waals surface area contributed by atoms with Crippen LogP contribution in [0, 0.1) is 3.57 Å². The minimum absolute atomic E-state index is 0.0152. The topological polar surface area (TPSA) is 70.2 Å². The number of carbonyl (C=O) groups excluding carboxylic acids is 2. The number of hydrogen-bond donors (Lipinski definition) is 3. The van der Waals surface area contributed by atoms with Gasteiger partial charge in [0.15, 0.2) is 5.11 Å². The molecule has 5 nitrogen and oxygen atoms in total. The van der Waals surface area contributed by atoms with Crippen LogP contribution >= 0.6 is 34.8 Å². The Bertz CT molecular complexity index is 794. The fourth-order valence-corrected chi connectivity index (χ4v) is 2.74. The monoisotopic (exact) mass is 481 g/mol. The molecule has 0 bridgehead atoms. The lowest BCUT2D eigenvalue weighted by Gasteiger charge is -2.11. The number of thiocarbonyl (C=S) groups is 1. The van der Waals surface area contributed by atoms with Crippen LogP contribution in [0.25, 0.3) is 0 Å². The summed E-state index contributed by atoms with van der Waals surface area (Å²) >= 11 is 7.37. The molecule has 0 saturated heterocycles. The summed E-state index contributed by atoms with van der Waals surface area (Å²) in [4.78, 5) is 24.0. The van der Waals surface area contributed by atoms with Crippen molar-refractivity contribution in [2.24, 2.45) is 0 Å². The van der Waals surface area contributed by atoms with Crippen molar-refractivity contribution in [3.8, 4) is 0 Å². The van der Waals surface area contributed by atoms with Crippen LogP contribution in [0.3, 0.4) is 0 Å². The Morgan fingerprint density at radius 3 is 2.35 bits per heavy atom. The first kappa shape index (κ1) is 20.3. The third-order valence-electron chi connectivity index (χ3n) is 3.50. The molecule has 26 heavy (non-hydrogen) atoms. The molecule has 2 aromatic carbocycles. The Kier molecular flexibility index (Phi) is 7.99. The van der Waals surface area contributed by atoms with Gasteiger partial charge in [-0.2, -0.15) is 0 Å². The molecular formula is C19H20IN3O2S. The van der Waals surface area contributed by atoms with Gasteiger partial charge < -0.3 is 10.6 Å². The summed E-state index contributed by atoms with van der Waals surface area (Å²) < 4.78 is 1.05. The summed E-state index contributed by atoms with van der Waals surface area (Å²) in [7, 11) is 0. The first-order chi connectivity index (χ1) is 12.5. The first-order valence-electron chi connectivity index (χ1n) is 8.25. The predicted octanol–water partition coefficient (Wildman–Crippen LogP) is 4.55. The van der Waals surface area contributed by atoms with E-state index in [0.29, 0.717) is 23.4 Å². The van der Waals surface area contributed by atoms with Crippen LogP contribution < -0.4 is 16.0 Å². The molecule has 0 aliphatic heterocycles. The lowest BCUT2D eigenvalue weighted by Crippen LogP contribution is -2.34. The van der Waals surface area contributed by atoms with Crippen molar-refractivity contribution >= 4 is 63.1 Å².